The first-order valence-electron chi connectivity index (χ1n) is 8.82. The summed E-state index contributed by atoms with van der Waals surface area (Å²) in [6.45, 7) is 12.4. The molecular formula is C18H32IN5O. The summed E-state index contributed by atoms with van der Waals surface area (Å²) >= 11 is 0. The molecule has 0 aliphatic carbocycles. The number of halogens is 1. The minimum atomic E-state index is 0. The molecule has 0 aromatic carbocycles. The minimum absolute atomic E-state index is 0. The van der Waals surface area contributed by atoms with Gasteiger partial charge in [0.25, 0.3) is 0 Å². The molecule has 0 saturated carbocycles. The molecule has 0 radical (unpaired) electrons. The van der Waals surface area contributed by atoms with E-state index in [9.17, 15) is 0 Å². The third-order valence-corrected chi connectivity index (χ3v) is 4.43. The Morgan fingerprint density at radius 2 is 2.16 bits per heavy atom. The van der Waals surface area contributed by atoms with Crippen molar-refractivity contribution in [3.63, 3.8) is 0 Å². The Balaban J connectivity index is 0.00000312. The molecule has 25 heavy (non-hydrogen) atoms. The van der Waals surface area contributed by atoms with E-state index < -0.39 is 0 Å². The summed E-state index contributed by atoms with van der Waals surface area (Å²) in [5, 5.41) is 6.92. The lowest BCUT2D eigenvalue weighted by atomic mass is 10.1. The molecule has 1 aliphatic heterocycles. The zero-order valence-electron chi connectivity index (χ0n) is 16.0. The second kappa shape index (κ2) is 10.8. The summed E-state index contributed by atoms with van der Waals surface area (Å²) in [6, 6.07) is 6.76. The number of ether oxygens (including phenoxy) is 1. The molecule has 142 valence electrons. The van der Waals surface area contributed by atoms with E-state index in [2.05, 4.69) is 53.2 Å². The van der Waals surface area contributed by atoms with Crippen LogP contribution in [0.1, 0.15) is 33.4 Å². The lowest BCUT2D eigenvalue weighted by Gasteiger charge is -2.21. The van der Waals surface area contributed by atoms with E-state index >= 15 is 0 Å². The third-order valence-electron chi connectivity index (χ3n) is 4.43. The van der Waals surface area contributed by atoms with Crippen molar-refractivity contribution >= 4 is 29.9 Å². The number of methoxy groups -OCH3 is 1. The lowest BCUT2D eigenvalue weighted by molar-refractivity contribution is 0.265. The maximum atomic E-state index is 5.17. The van der Waals surface area contributed by atoms with Crippen LogP contribution < -0.4 is 15.4 Å². The summed E-state index contributed by atoms with van der Waals surface area (Å²) in [7, 11) is 1.63. The maximum Gasteiger partial charge on any atom is 0.213 e. The normalized spacial score (nSPS) is 21.1. The number of nitrogens with one attached hydrogen (secondary N) is 2. The number of hydrogen-bond donors (Lipinski definition) is 2. The van der Waals surface area contributed by atoms with Crippen molar-refractivity contribution in [2.45, 2.75) is 46.3 Å². The SMILES string of the molecule is CCNC(=NCc1cccc(OC)n1)NC1CN(C(C)C)CC1C.I. The molecule has 7 heteroatoms. The molecule has 2 heterocycles. The molecule has 1 aliphatic rings. The van der Waals surface area contributed by atoms with E-state index in [1.54, 1.807) is 7.11 Å². The number of rotatable bonds is 6. The zero-order chi connectivity index (χ0) is 17.5. The molecule has 2 rings (SSSR count). The molecule has 2 N–H and O–H groups in total. The van der Waals surface area contributed by atoms with Gasteiger partial charge in [-0.15, -0.1) is 24.0 Å². The van der Waals surface area contributed by atoms with Crippen LogP contribution in [-0.2, 0) is 6.54 Å². The van der Waals surface area contributed by atoms with Gasteiger partial charge in [-0.05, 0) is 32.8 Å². The van der Waals surface area contributed by atoms with Crippen LogP contribution >= 0.6 is 24.0 Å². The Bertz CT molecular complexity index is 552. The molecule has 1 aromatic heterocycles. The van der Waals surface area contributed by atoms with Crippen LogP contribution in [0.15, 0.2) is 23.2 Å². The predicted molar refractivity (Wildman–Crippen MR) is 114 cm³/mol. The van der Waals surface area contributed by atoms with Crippen molar-refractivity contribution in [3.05, 3.63) is 23.9 Å². The quantitative estimate of drug-likeness (QED) is 0.387. The number of guanidine groups is 1. The molecule has 2 unspecified atom stereocenters. The Morgan fingerprint density at radius 1 is 1.40 bits per heavy atom. The monoisotopic (exact) mass is 461 g/mol. The van der Waals surface area contributed by atoms with Gasteiger partial charge in [-0.3, -0.25) is 4.90 Å². The van der Waals surface area contributed by atoms with Crippen molar-refractivity contribution in [1.82, 2.24) is 20.5 Å². The lowest BCUT2D eigenvalue weighted by Crippen LogP contribution is -2.46. The molecule has 1 fully saturated rings. The van der Waals surface area contributed by atoms with Gasteiger partial charge in [-0.25, -0.2) is 9.98 Å². The third kappa shape index (κ3) is 6.62. The largest absolute Gasteiger partial charge is 0.481 e. The van der Waals surface area contributed by atoms with E-state index in [-0.39, 0.29) is 24.0 Å². The Labute approximate surface area is 168 Å². The van der Waals surface area contributed by atoms with Crippen LogP contribution in [0.3, 0.4) is 0 Å². The highest BCUT2D eigenvalue weighted by molar-refractivity contribution is 14.0. The van der Waals surface area contributed by atoms with Crippen molar-refractivity contribution in [2.75, 3.05) is 26.7 Å². The number of nitrogens with zero attached hydrogens (tertiary/aromatic N) is 3. The van der Waals surface area contributed by atoms with Crippen LogP contribution in [0.2, 0.25) is 0 Å². The second-order valence-corrected chi connectivity index (χ2v) is 6.64. The first-order valence-corrected chi connectivity index (χ1v) is 8.82. The van der Waals surface area contributed by atoms with Crippen LogP contribution in [0.4, 0.5) is 0 Å². The fourth-order valence-electron chi connectivity index (χ4n) is 2.93. The Hall–Kier alpha value is -1.09. The summed E-state index contributed by atoms with van der Waals surface area (Å²) in [5.74, 6) is 2.08. The van der Waals surface area contributed by atoms with Gasteiger partial charge >= 0.3 is 0 Å². The smallest absolute Gasteiger partial charge is 0.213 e. The highest BCUT2D eigenvalue weighted by atomic mass is 127. The van der Waals surface area contributed by atoms with Gasteiger partial charge in [0.15, 0.2) is 5.96 Å². The number of aromatic nitrogens is 1. The summed E-state index contributed by atoms with van der Waals surface area (Å²) in [4.78, 5) is 11.6. The summed E-state index contributed by atoms with van der Waals surface area (Å²) < 4.78 is 5.17. The van der Waals surface area contributed by atoms with E-state index in [0.29, 0.717) is 30.4 Å². The summed E-state index contributed by atoms with van der Waals surface area (Å²) in [6.07, 6.45) is 0. The number of likely N-dealkylation sites (tertiary alicyclic amines) is 1. The summed E-state index contributed by atoms with van der Waals surface area (Å²) in [5.41, 5.74) is 0.898. The second-order valence-electron chi connectivity index (χ2n) is 6.64. The standard InChI is InChI=1S/C18H31N5O.HI/c1-6-19-18(20-10-15-8-7-9-17(21-15)24-5)22-16-12-23(13(2)3)11-14(16)4;/h7-9,13-14,16H,6,10-12H2,1-5H3,(H2,19,20,22);1H. The Morgan fingerprint density at radius 3 is 2.76 bits per heavy atom. The number of hydrogen-bond acceptors (Lipinski definition) is 4. The van der Waals surface area contributed by atoms with E-state index in [1.807, 2.05) is 18.2 Å². The molecule has 0 bridgehead atoms. The van der Waals surface area contributed by atoms with Crippen LogP contribution in [0, 0.1) is 5.92 Å². The average Bonchev–Trinajstić information content (AvgIpc) is 2.94. The van der Waals surface area contributed by atoms with Crippen molar-refractivity contribution < 1.29 is 4.74 Å². The first-order chi connectivity index (χ1) is 11.5. The molecular weight excluding hydrogens is 429 g/mol. The van der Waals surface area contributed by atoms with Gasteiger partial charge in [-0.1, -0.05) is 13.0 Å². The Kier molecular flexibility index (Phi) is 9.48. The number of aliphatic imine (C=N–C) groups is 1. The van der Waals surface area contributed by atoms with Crippen LogP contribution in [-0.4, -0.2) is 54.7 Å². The van der Waals surface area contributed by atoms with Gasteiger partial charge in [-0.2, -0.15) is 0 Å². The topological polar surface area (TPSA) is 61.8 Å². The highest BCUT2D eigenvalue weighted by Crippen LogP contribution is 2.18. The van der Waals surface area contributed by atoms with Crippen molar-refractivity contribution in [1.29, 1.82) is 0 Å². The molecule has 1 saturated heterocycles. The molecule has 1 aromatic rings. The zero-order valence-corrected chi connectivity index (χ0v) is 18.3. The highest BCUT2D eigenvalue weighted by Gasteiger charge is 2.31. The predicted octanol–water partition coefficient (Wildman–Crippen LogP) is 2.49. The average molecular weight is 461 g/mol. The van der Waals surface area contributed by atoms with Crippen molar-refractivity contribution in [3.8, 4) is 5.88 Å². The van der Waals surface area contributed by atoms with E-state index in [0.717, 1.165) is 31.3 Å². The van der Waals surface area contributed by atoms with Gasteiger partial charge in [0.2, 0.25) is 5.88 Å². The maximum absolute atomic E-state index is 5.17. The van der Waals surface area contributed by atoms with Gasteiger partial charge < -0.3 is 15.4 Å². The van der Waals surface area contributed by atoms with Gasteiger partial charge in [0, 0.05) is 37.8 Å². The molecule has 0 amide bonds. The fourth-order valence-corrected chi connectivity index (χ4v) is 2.93. The van der Waals surface area contributed by atoms with E-state index in [1.165, 1.54) is 0 Å². The van der Waals surface area contributed by atoms with Crippen LogP contribution in [0.25, 0.3) is 0 Å². The van der Waals surface area contributed by atoms with Crippen molar-refractivity contribution in [2.24, 2.45) is 10.9 Å². The van der Waals surface area contributed by atoms with Gasteiger partial charge in [0.05, 0.1) is 19.3 Å². The first kappa shape index (κ1) is 22.0. The minimum Gasteiger partial charge on any atom is -0.481 e. The number of pyridine rings is 1. The molecule has 6 nitrogen and oxygen atoms in total. The van der Waals surface area contributed by atoms with Gasteiger partial charge in [0.1, 0.15) is 0 Å². The molecule has 0 spiro atoms. The van der Waals surface area contributed by atoms with E-state index in [4.69, 9.17) is 4.74 Å². The fraction of sp³-hybridized carbons (Fsp3) is 0.667. The van der Waals surface area contributed by atoms with Crippen LogP contribution in [0.5, 0.6) is 5.88 Å². The molecule has 2 atom stereocenters.